The SMILES string of the molecule is CON=C(C(=O)NC1C(=O)N2C(C(=O)O)=C(CSc3nnnn3C)CS[C@H]12)c1csc(NC(c2ccccc2)(c2ccccc2)c2ccccc2)n1. The van der Waals surface area contributed by atoms with Crippen molar-refractivity contribution in [2.45, 2.75) is 22.1 Å². The first-order valence-corrected chi connectivity index (χ1v) is 18.8. The van der Waals surface area contributed by atoms with E-state index in [1.165, 1.54) is 51.6 Å². The number of aromatic nitrogens is 5. The van der Waals surface area contributed by atoms with Gasteiger partial charge in [-0.2, -0.15) is 0 Å². The molecule has 2 aliphatic rings. The number of carboxylic acid groups (broad SMARTS) is 1. The largest absolute Gasteiger partial charge is 0.477 e. The van der Waals surface area contributed by atoms with Crippen molar-refractivity contribution in [3.05, 3.63) is 130 Å². The first-order valence-electron chi connectivity index (χ1n) is 15.9. The van der Waals surface area contributed by atoms with Gasteiger partial charge in [-0.15, -0.1) is 28.2 Å². The molecule has 3 N–H and O–H groups in total. The van der Waals surface area contributed by atoms with Crippen LogP contribution in [0.3, 0.4) is 0 Å². The second kappa shape index (κ2) is 15.0. The van der Waals surface area contributed by atoms with E-state index >= 15 is 0 Å². The van der Waals surface area contributed by atoms with Crippen molar-refractivity contribution >= 4 is 63.5 Å². The number of β-lactam (4-membered cyclic amide) rings is 1. The summed E-state index contributed by atoms with van der Waals surface area (Å²) in [6.07, 6.45) is 0. The van der Waals surface area contributed by atoms with Crippen LogP contribution in [0.4, 0.5) is 5.13 Å². The minimum atomic E-state index is -1.23. The Morgan fingerprint density at radius 1 is 1.02 bits per heavy atom. The molecule has 7 rings (SSSR count). The lowest BCUT2D eigenvalue weighted by atomic mass is 9.77. The zero-order valence-corrected chi connectivity index (χ0v) is 30.2. The molecular weight excluding hydrogens is 723 g/mol. The normalized spacial score (nSPS) is 17.3. The smallest absolute Gasteiger partial charge is 0.352 e. The maximum atomic E-state index is 13.8. The molecule has 52 heavy (non-hydrogen) atoms. The van der Waals surface area contributed by atoms with Crippen molar-refractivity contribution in [1.29, 1.82) is 0 Å². The summed E-state index contributed by atoms with van der Waals surface area (Å²) in [6, 6.07) is 29.1. The number of thiazole rings is 1. The van der Waals surface area contributed by atoms with Crippen molar-refractivity contribution < 1.29 is 24.3 Å². The Balaban J connectivity index is 1.13. The summed E-state index contributed by atoms with van der Waals surface area (Å²) in [4.78, 5) is 50.6. The van der Waals surface area contributed by atoms with Crippen molar-refractivity contribution in [2.75, 3.05) is 23.9 Å². The molecule has 1 saturated heterocycles. The summed E-state index contributed by atoms with van der Waals surface area (Å²) < 4.78 is 1.48. The van der Waals surface area contributed by atoms with Gasteiger partial charge in [0.25, 0.3) is 11.8 Å². The van der Waals surface area contributed by atoms with Crippen LogP contribution >= 0.6 is 34.9 Å². The summed E-state index contributed by atoms with van der Waals surface area (Å²) >= 11 is 3.93. The third kappa shape index (κ3) is 6.53. The van der Waals surface area contributed by atoms with Gasteiger partial charge in [-0.3, -0.25) is 14.5 Å². The Morgan fingerprint density at radius 3 is 2.17 bits per heavy atom. The molecule has 14 nitrogen and oxygen atoms in total. The number of carbonyl (C=O) groups excluding carboxylic acids is 2. The summed E-state index contributed by atoms with van der Waals surface area (Å²) in [5.41, 5.74) is 2.65. The van der Waals surface area contributed by atoms with Crippen LogP contribution in [-0.4, -0.2) is 88.7 Å². The summed E-state index contributed by atoms with van der Waals surface area (Å²) in [6.45, 7) is 0. The zero-order chi connectivity index (χ0) is 36.2. The van der Waals surface area contributed by atoms with E-state index in [4.69, 9.17) is 9.82 Å². The fraction of sp³-hybridized carbons (Fsp3) is 0.200. The number of hydrogen-bond donors (Lipinski definition) is 3. The van der Waals surface area contributed by atoms with E-state index in [9.17, 15) is 19.5 Å². The number of thioether (sulfide) groups is 2. The number of tetrazole rings is 1. The van der Waals surface area contributed by atoms with Gasteiger partial charge in [0, 0.05) is 23.9 Å². The molecule has 17 heteroatoms. The monoisotopic (exact) mass is 753 g/mol. The van der Waals surface area contributed by atoms with E-state index in [1.54, 1.807) is 12.4 Å². The number of fused-ring (bicyclic) bond motifs is 1. The summed E-state index contributed by atoms with van der Waals surface area (Å²) in [5.74, 6) is -1.83. The maximum absolute atomic E-state index is 13.8. The van der Waals surface area contributed by atoms with E-state index in [0.29, 0.717) is 21.6 Å². The molecule has 1 unspecified atom stereocenters. The Hall–Kier alpha value is -5.52. The van der Waals surface area contributed by atoms with Gasteiger partial charge in [-0.1, -0.05) is 108 Å². The zero-order valence-electron chi connectivity index (χ0n) is 27.7. The molecule has 2 amide bonds. The topological polar surface area (TPSA) is 177 Å². The van der Waals surface area contributed by atoms with E-state index in [0.717, 1.165) is 16.7 Å². The molecule has 0 aliphatic carbocycles. The molecule has 0 spiro atoms. The van der Waals surface area contributed by atoms with Crippen molar-refractivity contribution in [1.82, 2.24) is 35.4 Å². The molecule has 4 heterocycles. The molecular formula is C35H31N9O5S3. The van der Waals surface area contributed by atoms with Crippen LogP contribution in [0.1, 0.15) is 22.4 Å². The number of carbonyl (C=O) groups is 3. The molecule has 264 valence electrons. The highest BCUT2D eigenvalue weighted by molar-refractivity contribution is 8.01. The average Bonchev–Trinajstić information content (AvgIpc) is 3.82. The lowest BCUT2D eigenvalue weighted by molar-refractivity contribution is -0.150. The molecule has 1 fully saturated rings. The standard InChI is InChI=1S/C35H31N9O5S3/c1-43-34(39-41-42-43)52-19-21-18-50-31-27(30(46)44(31)28(21)32(47)48)37-29(45)26(40-49-2)25-20-51-33(36-25)38-35(22-12-6-3-7-13-22,23-14-8-4-9-15-23)24-16-10-5-11-17-24/h3-17,20,27,31H,18-19H2,1-2H3,(H,36,38)(H,37,45)(H,47,48)/t27?,31-/m1/s1. The molecule has 3 aromatic carbocycles. The van der Waals surface area contributed by atoms with Crippen molar-refractivity contribution in [3.63, 3.8) is 0 Å². The van der Waals surface area contributed by atoms with E-state index < -0.39 is 34.7 Å². The highest BCUT2D eigenvalue weighted by Gasteiger charge is 2.54. The van der Waals surface area contributed by atoms with Crippen LogP contribution in [0.2, 0.25) is 0 Å². The Kier molecular flexibility index (Phi) is 10.1. The number of anilines is 1. The van der Waals surface area contributed by atoms with Gasteiger partial charge in [0.15, 0.2) is 10.8 Å². The van der Waals surface area contributed by atoms with Crippen LogP contribution in [0.5, 0.6) is 0 Å². The third-order valence-corrected chi connectivity index (χ3v) is 11.7. The predicted octanol–water partition coefficient (Wildman–Crippen LogP) is 3.95. The average molecular weight is 754 g/mol. The minimum Gasteiger partial charge on any atom is -0.477 e. The van der Waals surface area contributed by atoms with E-state index in [2.05, 4.69) is 67.7 Å². The molecule has 0 saturated carbocycles. The van der Waals surface area contributed by atoms with Gasteiger partial charge in [0.05, 0.1) is 0 Å². The molecule has 2 atom stereocenters. The highest BCUT2D eigenvalue weighted by atomic mass is 32.2. The maximum Gasteiger partial charge on any atom is 0.352 e. The number of amides is 2. The van der Waals surface area contributed by atoms with Crippen LogP contribution < -0.4 is 10.6 Å². The second-order valence-electron chi connectivity index (χ2n) is 11.6. The van der Waals surface area contributed by atoms with Gasteiger partial charge >= 0.3 is 5.97 Å². The first-order chi connectivity index (χ1) is 25.3. The van der Waals surface area contributed by atoms with Gasteiger partial charge < -0.3 is 20.6 Å². The van der Waals surface area contributed by atoms with Gasteiger partial charge in [0.1, 0.15) is 35.5 Å². The van der Waals surface area contributed by atoms with Crippen molar-refractivity contribution in [3.8, 4) is 0 Å². The van der Waals surface area contributed by atoms with Crippen LogP contribution in [0.25, 0.3) is 0 Å². The third-order valence-electron chi connectivity index (χ3n) is 8.55. The van der Waals surface area contributed by atoms with E-state index in [-0.39, 0.29) is 22.9 Å². The number of carboxylic acids is 1. The van der Waals surface area contributed by atoms with Gasteiger partial charge in [-0.05, 0) is 32.7 Å². The number of benzene rings is 3. The van der Waals surface area contributed by atoms with Crippen LogP contribution in [0, 0.1) is 0 Å². The summed E-state index contributed by atoms with van der Waals surface area (Å²) in [5, 5.41) is 33.9. The number of aliphatic carboxylic acids is 1. The van der Waals surface area contributed by atoms with E-state index in [1.807, 2.05) is 54.6 Å². The van der Waals surface area contributed by atoms with Crippen LogP contribution in [-0.2, 0) is 31.8 Å². The van der Waals surface area contributed by atoms with Gasteiger partial charge in [0.2, 0.25) is 5.16 Å². The second-order valence-corrected chi connectivity index (χ2v) is 14.5. The Bertz CT molecular complexity index is 2060. The van der Waals surface area contributed by atoms with Crippen molar-refractivity contribution in [2.24, 2.45) is 12.2 Å². The Morgan fingerprint density at radius 2 is 1.63 bits per heavy atom. The lowest BCUT2D eigenvalue weighted by Gasteiger charge is -2.49. The number of oxime groups is 1. The summed E-state index contributed by atoms with van der Waals surface area (Å²) in [7, 11) is 3.00. The number of nitrogens with zero attached hydrogens (tertiary/aromatic N) is 7. The molecule has 5 aromatic rings. The van der Waals surface area contributed by atoms with Crippen LogP contribution in [0.15, 0.2) is 118 Å². The molecule has 2 aliphatic heterocycles. The minimum absolute atomic E-state index is 0.0957. The highest BCUT2D eigenvalue weighted by Crippen LogP contribution is 2.42. The Labute approximate surface area is 310 Å². The number of rotatable bonds is 13. The molecule has 2 aromatic heterocycles. The number of nitrogens with one attached hydrogen (secondary N) is 2. The number of aryl methyl sites for hydroxylation is 1. The quantitative estimate of drug-likeness (QED) is 0.0520. The fourth-order valence-corrected chi connectivity index (χ4v) is 9.26. The van der Waals surface area contributed by atoms with Gasteiger partial charge in [-0.25, -0.2) is 14.5 Å². The fourth-order valence-electron chi connectivity index (χ4n) is 6.18. The number of hydrogen-bond acceptors (Lipinski definition) is 13. The molecule has 0 bridgehead atoms. The lowest BCUT2D eigenvalue weighted by Crippen LogP contribution is -2.71. The predicted molar refractivity (Wildman–Crippen MR) is 198 cm³/mol. The molecule has 0 radical (unpaired) electrons. The first kappa shape index (κ1) is 34.9.